The summed E-state index contributed by atoms with van der Waals surface area (Å²) in [7, 11) is 1.84. The molecule has 1 aromatic heterocycles. The highest BCUT2D eigenvalue weighted by Gasteiger charge is 2.19. The summed E-state index contributed by atoms with van der Waals surface area (Å²) in [5, 5.41) is 16.1. The quantitative estimate of drug-likeness (QED) is 0.748. The molecule has 0 saturated carbocycles. The topological polar surface area (TPSA) is 38.0 Å². The number of nitrogens with zero attached hydrogens (tertiary/aromatic N) is 2. The molecule has 108 valence electrons. The molecular weight excluding hydrogens is 410 g/mol. The number of hydrogen-bond donors (Lipinski definition) is 1. The van der Waals surface area contributed by atoms with Crippen LogP contribution in [0.4, 0.5) is 0 Å². The second-order valence-corrected chi connectivity index (χ2v) is 6.55. The predicted octanol–water partition coefficient (Wildman–Crippen LogP) is 4.17. The zero-order valence-corrected chi connectivity index (χ0v) is 14.9. The molecule has 0 aliphatic carbocycles. The predicted molar refractivity (Wildman–Crippen MR) is 90.4 cm³/mol. The molecule has 2 rings (SSSR count). The fourth-order valence-electron chi connectivity index (χ4n) is 2.10. The van der Waals surface area contributed by atoms with Gasteiger partial charge in [0.05, 0.1) is 22.5 Å². The van der Waals surface area contributed by atoms with Crippen LogP contribution in [0.5, 0.6) is 0 Å². The monoisotopic (exact) mass is 424 g/mol. The number of hydrogen-bond acceptors (Lipinski definition) is 2. The van der Waals surface area contributed by atoms with Crippen LogP contribution in [-0.4, -0.2) is 14.9 Å². The number of aliphatic hydroxyl groups is 1. The van der Waals surface area contributed by atoms with Crippen molar-refractivity contribution in [2.75, 3.05) is 0 Å². The highest BCUT2D eigenvalue weighted by Crippen LogP contribution is 2.29. The fourth-order valence-corrected chi connectivity index (χ4v) is 3.35. The second kappa shape index (κ2) is 6.64. The Kier molecular flexibility index (Phi) is 5.34. The van der Waals surface area contributed by atoms with Crippen molar-refractivity contribution in [2.45, 2.75) is 25.9 Å². The first-order chi connectivity index (χ1) is 9.43. The zero-order valence-electron chi connectivity index (χ0n) is 11.2. The van der Waals surface area contributed by atoms with Crippen molar-refractivity contribution >= 4 is 45.8 Å². The standard InChI is InChI=1S/C14H15Cl2IN2O/c1-3-11-14(16)12(19(2)18-11)7-13(20)9-6-8(15)4-5-10(9)17/h4-6,13,20H,3,7H2,1-2H3. The third-order valence-electron chi connectivity index (χ3n) is 3.21. The van der Waals surface area contributed by atoms with Gasteiger partial charge >= 0.3 is 0 Å². The molecule has 20 heavy (non-hydrogen) atoms. The van der Waals surface area contributed by atoms with Gasteiger partial charge in [-0.1, -0.05) is 30.1 Å². The summed E-state index contributed by atoms with van der Waals surface area (Å²) in [4.78, 5) is 0. The summed E-state index contributed by atoms with van der Waals surface area (Å²) >= 11 is 14.5. The first-order valence-corrected chi connectivity index (χ1v) is 8.10. The van der Waals surface area contributed by atoms with Crippen molar-refractivity contribution in [3.05, 3.63) is 48.8 Å². The van der Waals surface area contributed by atoms with Gasteiger partial charge in [0, 0.05) is 22.1 Å². The minimum Gasteiger partial charge on any atom is -0.388 e. The third kappa shape index (κ3) is 3.30. The number of halogens is 3. The average molecular weight is 425 g/mol. The molecule has 0 amide bonds. The molecule has 0 bridgehead atoms. The first-order valence-electron chi connectivity index (χ1n) is 6.27. The Morgan fingerprint density at radius 1 is 1.40 bits per heavy atom. The van der Waals surface area contributed by atoms with Gasteiger partial charge in [-0.25, -0.2) is 0 Å². The Hall–Kier alpha value is -0.300. The Morgan fingerprint density at radius 3 is 2.70 bits per heavy atom. The lowest BCUT2D eigenvalue weighted by atomic mass is 10.0. The van der Waals surface area contributed by atoms with Crippen LogP contribution in [-0.2, 0) is 19.9 Å². The maximum absolute atomic E-state index is 10.4. The van der Waals surface area contributed by atoms with Crippen molar-refractivity contribution in [3.8, 4) is 0 Å². The van der Waals surface area contributed by atoms with Crippen LogP contribution in [0.25, 0.3) is 0 Å². The molecule has 0 fully saturated rings. The number of aromatic nitrogens is 2. The Morgan fingerprint density at radius 2 is 2.10 bits per heavy atom. The minimum atomic E-state index is -0.654. The molecule has 3 nitrogen and oxygen atoms in total. The largest absolute Gasteiger partial charge is 0.388 e. The third-order valence-corrected chi connectivity index (χ3v) is 4.86. The minimum absolute atomic E-state index is 0.415. The van der Waals surface area contributed by atoms with Crippen molar-refractivity contribution in [3.63, 3.8) is 0 Å². The Balaban J connectivity index is 2.30. The molecule has 1 N–H and O–H groups in total. The number of rotatable bonds is 4. The molecule has 0 radical (unpaired) electrons. The number of benzene rings is 1. The van der Waals surface area contributed by atoms with Gasteiger partial charge in [-0.05, 0) is 52.8 Å². The summed E-state index contributed by atoms with van der Waals surface area (Å²) in [6, 6.07) is 5.49. The summed E-state index contributed by atoms with van der Waals surface area (Å²) in [5.41, 5.74) is 2.51. The van der Waals surface area contributed by atoms with E-state index in [0.29, 0.717) is 16.5 Å². The molecule has 1 unspecified atom stereocenters. The van der Waals surface area contributed by atoms with Crippen molar-refractivity contribution in [1.29, 1.82) is 0 Å². The molecule has 6 heteroatoms. The molecule has 1 atom stereocenters. The number of aryl methyl sites for hydroxylation is 2. The molecule has 1 heterocycles. The highest BCUT2D eigenvalue weighted by molar-refractivity contribution is 14.1. The summed E-state index contributed by atoms with van der Waals surface area (Å²) < 4.78 is 2.72. The van der Waals surface area contributed by atoms with Crippen LogP contribution < -0.4 is 0 Å². The number of aliphatic hydroxyl groups excluding tert-OH is 1. The van der Waals surface area contributed by atoms with Crippen LogP contribution >= 0.6 is 45.8 Å². The van der Waals surface area contributed by atoms with E-state index in [0.717, 1.165) is 26.9 Å². The van der Waals surface area contributed by atoms with Gasteiger partial charge in [0.25, 0.3) is 0 Å². The average Bonchev–Trinajstić information content (AvgIpc) is 2.68. The lowest BCUT2D eigenvalue weighted by molar-refractivity contribution is 0.175. The van der Waals surface area contributed by atoms with E-state index < -0.39 is 6.10 Å². The summed E-state index contributed by atoms with van der Waals surface area (Å²) in [6.45, 7) is 2.01. The van der Waals surface area contributed by atoms with Crippen LogP contribution in [0.3, 0.4) is 0 Å². The van der Waals surface area contributed by atoms with Gasteiger partial charge < -0.3 is 5.11 Å². The first kappa shape index (κ1) is 16.1. The second-order valence-electron chi connectivity index (χ2n) is 4.57. The van der Waals surface area contributed by atoms with Crippen molar-refractivity contribution in [2.24, 2.45) is 7.05 Å². The van der Waals surface area contributed by atoms with Gasteiger partial charge in [-0.3, -0.25) is 4.68 Å². The summed E-state index contributed by atoms with van der Waals surface area (Å²) in [5.74, 6) is 0. The Bertz CT molecular complexity index is 628. The molecular formula is C14H15Cl2IN2O. The van der Waals surface area contributed by atoms with Gasteiger partial charge in [0.1, 0.15) is 0 Å². The van der Waals surface area contributed by atoms with Crippen LogP contribution in [0, 0.1) is 3.57 Å². The maximum atomic E-state index is 10.4. The van der Waals surface area contributed by atoms with Gasteiger partial charge in [0.2, 0.25) is 0 Å². The van der Waals surface area contributed by atoms with E-state index in [9.17, 15) is 5.11 Å². The van der Waals surface area contributed by atoms with Crippen LogP contribution in [0.2, 0.25) is 10.0 Å². The van der Waals surface area contributed by atoms with Crippen LogP contribution in [0.1, 0.15) is 30.0 Å². The van der Waals surface area contributed by atoms with Gasteiger partial charge in [-0.15, -0.1) is 0 Å². The van der Waals surface area contributed by atoms with E-state index in [1.165, 1.54) is 0 Å². The molecule has 0 spiro atoms. The van der Waals surface area contributed by atoms with E-state index in [1.807, 2.05) is 26.1 Å². The van der Waals surface area contributed by atoms with E-state index >= 15 is 0 Å². The van der Waals surface area contributed by atoms with Crippen molar-refractivity contribution < 1.29 is 5.11 Å². The van der Waals surface area contributed by atoms with Gasteiger partial charge in [0.15, 0.2) is 0 Å². The molecule has 2 aromatic rings. The SMILES string of the molecule is CCc1nn(C)c(CC(O)c2cc(Cl)ccc2I)c1Cl. The lowest BCUT2D eigenvalue weighted by Gasteiger charge is -2.14. The molecule has 1 aromatic carbocycles. The zero-order chi connectivity index (χ0) is 14.9. The molecule has 0 aliphatic rings. The van der Waals surface area contributed by atoms with Crippen molar-refractivity contribution in [1.82, 2.24) is 9.78 Å². The van der Waals surface area contributed by atoms with E-state index in [-0.39, 0.29) is 0 Å². The van der Waals surface area contributed by atoms with E-state index in [2.05, 4.69) is 27.7 Å². The molecule has 0 saturated heterocycles. The van der Waals surface area contributed by atoms with E-state index in [4.69, 9.17) is 23.2 Å². The fraction of sp³-hybridized carbons (Fsp3) is 0.357. The lowest BCUT2D eigenvalue weighted by Crippen LogP contribution is -2.08. The molecule has 0 aliphatic heterocycles. The highest BCUT2D eigenvalue weighted by atomic mass is 127. The summed E-state index contributed by atoms with van der Waals surface area (Å²) in [6.07, 6.45) is 0.536. The van der Waals surface area contributed by atoms with Crippen LogP contribution in [0.15, 0.2) is 18.2 Å². The Labute approximate surface area is 142 Å². The van der Waals surface area contributed by atoms with Gasteiger partial charge in [-0.2, -0.15) is 5.10 Å². The maximum Gasteiger partial charge on any atom is 0.0856 e. The van der Waals surface area contributed by atoms with E-state index in [1.54, 1.807) is 10.7 Å². The smallest absolute Gasteiger partial charge is 0.0856 e. The normalized spacial score (nSPS) is 12.7.